The molecule has 0 radical (unpaired) electrons. The van der Waals surface area contributed by atoms with Crippen LogP contribution >= 0.6 is 0 Å². The van der Waals surface area contributed by atoms with E-state index in [0.717, 1.165) is 25.9 Å². The van der Waals surface area contributed by atoms with Crippen molar-refractivity contribution in [3.63, 3.8) is 0 Å². The average molecular weight is 315 g/mol. The fourth-order valence-corrected chi connectivity index (χ4v) is 2.52. The van der Waals surface area contributed by atoms with Crippen molar-refractivity contribution in [3.8, 4) is 0 Å². The van der Waals surface area contributed by atoms with Crippen LogP contribution in [0.3, 0.4) is 0 Å². The van der Waals surface area contributed by atoms with Crippen molar-refractivity contribution < 1.29 is 14.3 Å². The van der Waals surface area contributed by atoms with Crippen molar-refractivity contribution in [2.75, 3.05) is 33.4 Å². The van der Waals surface area contributed by atoms with Gasteiger partial charge in [0.25, 0.3) is 0 Å². The summed E-state index contributed by atoms with van der Waals surface area (Å²) >= 11 is 0. The molecule has 0 saturated heterocycles. The van der Waals surface area contributed by atoms with Gasteiger partial charge in [-0.3, -0.25) is 4.79 Å². The van der Waals surface area contributed by atoms with E-state index in [0.29, 0.717) is 13.2 Å². The highest BCUT2D eigenvalue weighted by molar-refractivity contribution is 5.77. The summed E-state index contributed by atoms with van der Waals surface area (Å²) in [6.07, 6.45) is 1.64. The molecule has 0 spiro atoms. The molecule has 0 aromatic rings. The number of ether oxygens (including phenoxy) is 2. The molecule has 0 fully saturated rings. The summed E-state index contributed by atoms with van der Waals surface area (Å²) in [6.45, 7) is 17.7. The molecule has 4 heteroatoms. The second-order valence-corrected chi connectivity index (χ2v) is 8.55. The molecule has 0 saturated carbocycles. The van der Waals surface area contributed by atoms with Crippen LogP contribution < -0.4 is 5.32 Å². The zero-order valence-electron chi connectivity index (χ0n) is 16.0. The van der Waals surface area contributed by atoms with Crippen LogP contribution in [-0.2, 0) is 14.3 Å². The molecule has 4 nitrogen and oxygen atoms in total. The van der Waals surface area contributed by atoms with E-state index in [1.54, 1.807) is 7.11 Å². The molecule has 0 heterocycles. The fraction of sp³-hybridized carbons (Fsp3) is 0.944. The Morgan fingerprint density at radius 2 is 1.55 bits per heavy atom. The van der Waals surface area contributed by atoms with Gasteiger partial charge in [0.15, 0.2) is 0 Å². The zero-order valence-corrected chi connectivity index (χ0v) is 16.0. The minimum Gasteiger partial charge on any atom is -0.465 e. The number of rotatable bonds is 9. The van der Waals surface area contributed by atoms with Crippen molar-refractivity contribution in [1.29, 1.82) is 0 Å². The van der Waals surface area contributed by atoms with E-state index in [9.17, 15) is 4.79 Å². The number of methoxy groups -OCH3 is 1. The highest BCUT2D eigenvalue weighted by Crippen LogP contribution is 2.47. The molecular weight excluding hydrogens is 278 g/mol. The summed E-state index contributed by atoms with van der Waals surface area (Å²) < 4.78 is 10.5. The van der Waals surface area contributed by atoms with E-state index in [2.05, 4.69) is 46.9 Å². The Morgan fingerprint density at radius 1 is 0.955 bits per heavy atom. The van der Waals surface area contributed by atoms with Crippen molar-refractivity contribution >= 4 is 5.97 Å². The van der Waals surface area contributed by atoms with Gasteiger partial charge in [0.2, 0.25) is 0 Å². The maximum Gasteiger partial charge on any atom is 0.312 e. The molecule has 0 aliphatic heterocycles. The first-order valence-corrected chi connectivity index (χ1v) is 8.31. The lowest BCUT2D eigenvalue weighted by Gasteiger charge is -2.43. The molecule has 22 heavy (non-hydrogen) atoms. The van der Waals surface area contributed by atoms with Gasteiger partial charge in [-0.05, 0) is 37.1 Å². The average Bonchev–Trinajstić information content (AvgIpc) is 2.34. The summed E-state index contributed by atoms with van der Waals surface area (Å²) in [7, 11) is 1.69. The van der Waals surface area contributed by atoms with Crippen LogP contribution in [0.2, 0.25) is 0 Å². The maximum absolute atomic E-state index is 12.7. The minimum atomic E-state index is -0.477. The van der Waals surface area contributed by atoms with Crippen molar-refractivity contribution in [2.24, 2.45) is 16.2 Å². The smallest absolute Gasteiger partial charge is 0.312 e. The first kappa shape index (κ1) is 21.4. The standard InChI is InChI=1S/C18H37NO3/c1-16(2,3)14-18(7,17(4,5)6)15(20)22-12-9-10-19-11-13-21-8/h19H,9-14H2,1-8H3. The summed E-state index contributed by atoms with van der Waals surface area (Å²) in [6, 6.07) is 0. The Kier molecular flexibility index (Phi) is 8.63. The van der Waals surface area contributed by atoms with E-state index < -0.39 is 5.41 Å². The molecule has 0 amide bonds. The number of esters is 1. The molecule has 0 aliphatic rings. The third kappa shape index (κ3) is 7.59. The Labute approximate surface area is 137 Å². The van der Waals surface area contributed by atoms with Gasteiger partial charge < -0.3 is 14.8 Å². The molecule has 0 aromatic carbocycles. The SMILES string of the molecule is COCCNCCCOC(=O)C(C)(CC(C)(C)C)C(C)(C)C. The quantitative estimate of drug-likeness (QED) is 0.521. The number of hydrogen-bond acceptors (Lipinski definition) is 4. The zero-order chi connectivity index (χ0) is 17.4. The van der Waals surface area contributed by atoms with E-state index >= 15 is 0 Å². The lowest BCUT2D eigenvalue weighted by Crippen LogP contribution is -2.44. The van der Waals surface area contributed by atoms with Crippen molar-refractivity contribution in [2.45, 2.75) is 61.3 Å². The summed E-state index contributed by atoms with van der Waals surface area (Å²) in [5.41, 5.74) is -0.522. The molecule has 132 valence electrons. The van der Waals surface area contributed by atoms with Gasteiger partial charge >= 0.3 is 5.97 Å². The van der Waals surface area contributed by atoms with E-state index in [1.165, 1.54) is 0 Å². The molecule has 1 atom stereocenters. The van der Waals surface area contributed by atoms with Crippen LogP contribution in [0.15, 0.2) is 0 Å². The first-order chi connectivity index (χ1) is 9.94. The van der Waals surface area contributed by atoms with Gasteiger partial charge in [0.1, 0.15) is 0 Å². The van der Waals surface area contributed by atoms with Crippen LogP contribution in [0.4, 0.5) is 0 Å². The van der Waals surface area contributed by atoms with Gasteiger partial charge in [0, 0.05) is 13.7 Å². The fourth-order valence-electron chi connectivity index (χ4n) is 2.52. The van der Waals surface area contributed by atoms with E-state index in [-0.39, 0.29) is 16.8 Å². The van der Waals surface area contributed by atoms with Gasteiger partial charge in [0.05, 0.1) is 18.6 Å². The third-order valence-corrected chi connectivity index (χ3v) is 4.20. The van der Waals surface area contributed by atoms with Gasteiger partial charge in [-0.15, -0.1) is 0 Å². The monoisotopic (exact) mass is 315 g/mol. The predicted octanol–water partition coefficient (Wildman–Crippen LogP) is 3.64. The highest BCUT2D eigenvalue weighted by Gasteiger charge is 2.47. The predicted molar refractivity (Wildman–Crippen MR) is 92.0 cm³/mol. The maximum atomic E-state index is 12.7. The summed E-state index contributed by atoms with van der Waals surface area (Å²) in [5, 5.41) is 3.25. The van der Waals surface area contributed by atoms with Crippen LogP contribution in [0.1, 0.15) is 61.3 Å². The molecule has 0 aliphatic carbocycles. The number of hydrogen-bond donors (Lipinski definition) is 1. The second kappa shape index (κ2) is 8.88. The van der Waals surface area contributed by atoms with Gasteiger partial charge in [-0.1, -0.05) is 41.5 Å². The second-order valence-electron chi connectivity index (χ2n) is 8.55. The molecule has 1 unspecified atom stereocenters. The largest absolute Gasteiger partial charge is 0.465 e. The molecule has 1 N–H and O–H groups in total. The number of carbonyl (C=O) groups is 1. The van der Waals surface area contributed by atoms with Crippen LogP contribution in [0, 0.1) is 16.2 Å². The van der Waals surface area contributed by atoms with Gasteiger partial charge in [-0.25, -0.2) is 0 Å². The Bertz CT molecular complexity index is 328. The molecule has 0 rings (SSSR count). The van der Waals surface area contributed by atoms with Crippen molar-refractivity contribution in [3.05, 3.63) is 0 Å². The third-order valence-electron chi connectivity index (χ3n) is 4.20. The number of carbonyl (C=O) groups excluding carboxylic acids is 1. The Balaban J connectivity index is 4.43. The Hall–Kier alpha value is -0.610. The number of nitrogens with one attached hydrogen (secondary N) is 1. The normalized spacial score (nSPS) is 15.5. The lowest BCUT2D eigenvalue weighted by molar-refractivity contribution is -0.164. The summed E-state index contributed by atoms with van der Waals surface area (Å²) in [5.74, 6) is -0.0770. The van der Waals surface area contributed by atoms with Gasteiger partial charge in [-0.2, -0.15) is 0 Å². The Morgan fingerprint density at radius 3 is 2.00 bits per heavy atom. The molecule has 0 aromatic heterocycles. The van der Waals surface area contributed by atoms with E-state index in [1.807, 2.05) is 6.92 Å². The topological polar surface area (TPSA) is 47.6 Å². The molecule has 0 bridgehead atoms. The summed E-state index contributed by atoms with van der Waals surface area (Å²) in [4.78, 5) is 12.7. The van der Waals surface area contributed by atoms with Crippen LogP contribution in [0.25, 0.3) is 0 Å². The van der Waals surface area contributed by atoms with Crippen LogP contribution in [0.5, 0.6) is 0 Å². The van der Waals surface area contributed by atoms with Crippen LogP contribution in [-0.4, -0.2) is 39.4 Å². The highest BCUT2D eigenvalue weighted by atomic mass is 16.5. The first-order valence-electron chi connectivity index (χ1n) is 8.31. The molecular formula is C18H37NO3. The van der Waals surface area contributed by atoms with Crippen molar-refractivity contribution in [1.82, 2.24) is 5.32 Å². The lowest BCUT2D eigenvalue weighted by atomic mass is 9.61. The van der Waals surface area contributed by atoms with E-state index in [4.69, 9.17) is 9.47 Å². The minimum absolute atomic E-state index is 0.0770.